The number of benzene rings is 2. The summed E-state index contributed by atoms with van der Waals surface area (Å²) in [6.07, 6.45) is -5.89. The minimum Gasteiger partial charge on any atom is -0.276 e. The van der Waals surface area contributed by atoms with E-state index in [1.165, 1.54) is 0 Å². The lowest BCUT2D eigenvalue weighted by atomic mass is 9.95. The molecule has 0 saturated carbocycles. The molecule has 0 aliphatic rings. The predicted octanol–water partition coefficient (Wildman–Crippen LogP) is 5.25. The molecule has 9 heteroatoms. The van der Waals surface area contributed by atoms with Crippen LogP contribution in [0.15, 0.2) is 30.3 Å². The van der Waals surface area contributed by atoms with Gasteiger partial charge in [-0.15, -0.1) is 0 Å². The van der Waals surface area contributed by atoms with E-state index < -0.39 is 39.1 Å². The van der Waals surface area contributed by atoms with Gasteiger partial charge in [-0.3, -0.25) is 9.59 Å². The fraction of sp³-hybridized carbons (Fsp3) is 0.143. The number of carbonyl (C=O) groups excluding carboxylic acids is 2. The lowest BCUT2D eigenvalue weighted by molar-refractivity contribution is -0.288. The molecule has 0 aliphatic heterocycles. The van der Waals surface area contributed by atoms with Crippen LogP contribution in [0.3, 0.4) is 0 Å². The summed E-state index contributed by atoms with van der Waals surface area (Å²) in [7, 11) is 0. The van der Waals surface area contributed by atoms with Gasteiger partial charge < -0.3 is 0 Å². The highest BCUT2D eigenvalue weighted by atomic mass is 35.5. The Morgan fingerprint density at radius 2 is 1.39 bits per heavy atom. The highest BCUT2D eigenvalue weighted by Crippen LogP contribution is 2.46. The summed E-state index contributed by atoms with van der Waals surface area (Å²) in [5.41, 5.74) is -2.27. The van der Waals surface area contributed by atoms with Crippen LogP contribution in [0.25, 0.3) is 10.8 Å². The van der Waals surface area contributed by atoms with Gasteiger partial charge >= 0.3 is 12.1 Å². The van der Waals surface area contributed by atoms with Gasteiger partial charge in [0.1, 0.15) is 0 Å². The van der Waals surface area contributed by atoms with Crippen LogP contribution in [0.2, 0.25) is 0 Å². The van der Waals surface area contributed by atoms with Gasteiger partial charge in [0.25, 0.3) is 10.5 Å². The Morgan fingerprint density at radius 1 is 0.826 bits per heavy atom. The van der Waals surface area contributed by atoms with Crippen LogP contribution >= 0.6 is 23.2 Å². The smallest absolute Gasteiger partial charge is 0.276 e. The van der Waals surface area contributed by atoms with E-state index >= 15 is 0 Å². The molecular weight excluding hydrogens is 366 g/mol. The zero-order chi connectivity index (χ0) is 17.6. The fourth-order valence-electron chi connectivity index (χ4n) is 2.01. The number of alkyl halides is 5. The van der Waals surface area contributed by atoms with E-state index in [1.54, 1.807) is 0 Å². The van der Waals surface area contributed by atoms with Crippen molar-refractivity contribution in [2.45, 2.75) is 12.1 Å². The molecule has 0 fully saturated rings. The van der Waals surface area contributed by atoms with Gasteiger partial charge in [-0.05, 0) is 58.2 Å². The second kappa shape index (κ2) is 5.72. The summed E-state index contributed by atoms with van der Waals surface area (Å²) in [5.74, 6) is -5.25. The molecule has 0 heterocycles. The Morgan fingerprint density at radius 3 is 1.87 bits per heavy atom. The lowest BCUT2D eigenvalue weighted by Gasteiger charge is -2.22. The molecule has 23 heavy (non-hydrogen) atoms. The number of carbonyl (C=O) groups is 2. The molecule has 0 atom stereocenters. The van der Waals surface area contributed by atoms with Gasteiger partial charge in [-0.2, -0.15) is 22.0 Å². The lowest BCUT2D eigenvalue weighted by Crippen LogP contribution is -2.34. The van der Waals surface area contributed by atoms with Crippen LogP contribution < -0.4 is 0 Å². The molecule has 0 aliphatic carbocycles. The quantitative estimate of drug-likeness (QED) is 0.546. The fourth-order valence-corrected chi connectivity index (χ4v) is 2.23. The highest BCUT2D eigenvalue weighted by molar-refractivity contribution is 6.68. The van der Waals surface area contributed by atoms with Crippen molar-refractivity contribution in [2.24, 2.45) is 0 Å². The Labute approximate surface area is 135 Å². The predicted molar refractivity (Wildman–Crippen MR) is 74.3 cm³/mol. The summed E-state index contributed by atoms with van der Waals surface area (Å²) in [6.45, 7) is 0. The van der Waals surface area contributed by atoms with Gasteiger partial charge in [0, 0.05) is 16.7 Å². The van der Waals surface area contributed by atoms with Crippen molar-refractivity contribution in [3.63, 3.8) is 0 Å². The average molecular weight is 371 g/mol. The van der Waals surface area contributed by atoms with Crippen LogP contribution in [-0.2, 0) is 5.92 Å². The first kappa shape index (κ1) is 17.6. The topological polar surface area (TPSA) is 34.1 Å². The molecule has 2 aromatic carbocycles. The highest BCUT2D eigenvalue weighted by Gasteiger charge is 2.59. The Hall–Kier alpha value is -1.73. The van der Waals surface area contributed by atoms with Gasteiger partial charge in [-0.25, -0.2) is 0 Å². The summed E-state index contributed by atoms with van der Waals surface area (Å²) in [6, 6.07) is 4.44. The second-order valence-electron chi connectivity index (χ2n) is 4.58. The van der Waals surface area contributed by atoms with Crippen molar-refractivity contribution in [1.82, 2.24) is 0 Å². The van der Waals surface area contributed by atoms with Crippen molar-refractivity contribution in [3.8, 4) is 0 Å². The zero-order valence-corrected chi connectivity index (χ0v) is 12.4. The maximum atomic E-state index is 13.8. The minimum absolute atomic E-state index is 0.114. The van der Waals surface area contributed by atoms with E-state index in [4.69, 9.17) is 23.2 Å². The summed E-state index contributed by atoms with van der Waals surface area (Å²) in [4.78, 5) is 22.3. The molecule has 0 radical (unpaired) electrons. The minimum atomic E-state index is -5.89. The van der Waals surface area contributed by atoms with Crippen molar-refractivity contribution in [2.75, 3.05) is 0 Å². The molecule has 2 rings (SSSR count). The van der Waals surface area contributed by atoms with Crippen molar-refractivity contribution in [1.29, 1.82) is 0 Å². The molecular formula is C14H5Cl2F5O2. The van der Waals surface area contributed by atoms with Crippen LogP contribution in [0.5, 0.6) is 0 Å². The standard InChI is InChI=1S/C14H5Cl2F5O2/c15-11(22)7-2-1-6-3-8(12(16)23)5-10(9(6)4-7)13(17,18)14(19,20)21/h1-5H. The Bertz CT molecular complexity index is 815. The van der Waals surface area contributed by atoms with E-state index in [9.17, 15) is 31.5 Å². The van der Waals surface area contributed by atoms with Gasteiger partial charge in [0.2, 0.25) is 0 Å². The number of hydrogen-bond acceptors (Lipinski definition) is 2. The number of fused-ring (bicyclic) bond motifs is 1. The zero-order valence-electron chi connectivity index (χ0n) is 10.8. The van der Waals surface area contributed by atoms with Crippen LogP contribution in [-0.4, -0.2) is 16.7 Å². The molecule has 2 nitrogen and oxygen atoms in total. The van der Waals surface area contributed by atoms with E-state index in [1.807, 2.05) is 0 Å². The van der Waals surface area contributed by atoms with Crippen molar-refractivity contribution < 1.29 is 31.5 Å². The van der Waals surface area contributed by atoms with E-state index in [0.717, 1.165) is 24.3 Å². The van der Waals surface area contributed by atoms with Crippen LogP contribution in [0.4, 0.5) is 22.0 Å². The van der Waals surface area contributed by atoms with Gasteiger partial charge in [-0.1, -0.05) is 6.07 Å². The first-order chi connectivity index (χ1) is 10.4. The van der Waals surface area contributed by atoms with Crippen LogP contribution in [0, 0.1) is 0 Å². The summed E-state index contributed by atoms with van der Waals surface area (Å²) >= 11 is 10.4. The summed E-state index contributed by atoms with van der Waals surface area (Å²) < 4.78 is 65.6. The molecule has 0 unspecified atom stereocenters. The first-order valence-electron chi connectivity index (χ1n) is 5.87. The number of rotatable bonds is 3. The normalized spacial score (nSPS) is 12.5. The average Bonchev–Trinajstić information content (AvgIpc) is 2.43. The third-order valence-electron chi connectivity index (χ3n) is 3.10. The van der Waals surface area contributed by atoms with Gasteiger partial charge in [0.15, 0.2) is 0 Å². The summed E-state index contributed by atoms with van der Waals surface area (Å²) in [5, 5.41) is -2.88. The maximum absolute atomic E-state index is 13.8. The SMILES string of the molecule is O=C(Cl)c1cc(C(F)(F)C(F)(F)F)c2cc(C(=O)Cl)ccc2c1. The first-order valence-corrected chi connectivity index (χ1v) is 6.63. The van der Waals surface area contributed by atoms with E-state index in [0.29, 0.717) is 6.07 Å². The Kier molecular flexibility index (Phi) is 4.38. The number of halogens is 7. The largest absolute Gasteiger partial charge is 0.458 e. The maximum Gasteiger partial charge on any atom is 0.458 e. The van der Waals surface area contributed by atoms with Crippen LogP contribution in [0.1, 0.15) is 26.3 Å². The van der Waals surface area contributed by atoms with Crippen molar-refractivity contribution in [3.05, 3.63) is 47.0 Å². The monoisotopic (exact) mass is 370 g/mol. The van der Waals surface area contributed by atoms with Crippen molar-refractivity contribution >= 4 is 44.5 Å². The molecule has 0 saturated heterocycles. The molecule has 0 N–H and O–H groups in total. The van der Waals surface area contributed by atoms with Gasteiger partial charge in [0.05, 0.1) is 0 Å². The van der Waals surface area contributed by atoms with E-state index in [-0.39, 0.29) is 10.9 Å². The Balaban J connectivity index is 2.90. The number of hydrogen-bond donors (Lipinski definition) is 0. The molecule has 2 aromatic rings. The molecule has 0 amide bonds. The third-order valence-corrected chi connectivity index (χ3v) is 3.54. The van der Waals surface area contributed by atoms with E-state index in [2.05, 4.69) is 0 Å². The molecule has 0 bridgehead atoms. The second-order valence-corrected chi connectivity index (χ2v) is 5.27. The third kappa shape index (κ3) is 3.16. The molecule has 0 aromatic heterocycles. The molecule has 122 valence electrons. The molecule has 0 spiro atoms.